The van der Waals surface area contributed by atoms with Gasteiger partial charge in [-0.1, -0.05) is 42.8 Å². The van der Waals surface area contributed by atoms with E-state index in [9.17, 15) is 0 Å². The van der Waals surface area contributed by atoms with Crippen LogP contribution in [-0.4, -0.2) is 18.6 Å². The Morgan fingerprint density at radius 3 is 2.67 bits per heavy atom. The van der Waals surface area contributed by atoms with Crippen LogP contribution >= 0.6 is 15.9 Å². The summed E-state index contributed by atoms with van der Waals surface area (Å²) in [5.41, 5.74) is 5.32. The third-order valence-corrected chi connectivity index (χ3v) is 7.08. The van der Waals surface area contributed by atoms with E-state index in [0.717, 1.165) is 16.9 Å². The standard InChI is InChI=1S/C18H23BrN2/c1-17(2)15-8-9-18(17,3)16-14(15)11-21(20(16)4)13-7-5-6-12(19)10-13/h5-7,10,15H,8-9,11H2,1-4H3. The minimum Gasteiger partial charge on any atom is -0.292 e. The second-order valence-electron chi connectivity index (χ2n) is 7.58. The van der Waals surface area contributed by atoms with E-state index < -0.39 is 0 Å². The van der Waals surface area contributed by atoms with Crippen molar-refractivity contribution in [2.45, 2.75) is 33.6 Å². The molecule has 0 N–H and O–H groups in total. The molecule has 3 aliphatic rings. The fourth-order valence-corrected chi connectivity index (χ4v) is 5.48. The first-order chi connectivity index (χ1) is 9.86. The van der Waals surface area contributed by atoms with Crippen molar-refractivity contribution in [3.05, 3.63) is 40.0 Å². The van der Waals surface area contributed by atoms with E-state index in [1.54, 1.807) is 11.3 Å². The molecule has 2 aliphatic carbocycles. The van der Waals surface area contributed by atoms with Gasteiger partial charge in [0.05, 0.1) is 12.2 Å². The topological polar surface area (TPSA) is 6.48 Å². The largest absolute Gasteiger partial charge is 0.292 e. The van der Waals surface area contributed by atoms with Crippen molar-refractivity contribution >= 4 is 21.6 Å². The molecule has 0 amide bonds. The van der Waals surface area contributed by atoms with Gasteiger partial charge in [0.1, 0.15) is 0 Å². The van der Waals surface area contributed by atoms with Crippen LogP contribution in [0.3, 0.4) is 0 Å². The van der Waals surface area contributed by atoms with Gasteiger partial charge in [-0.2, -0.15) is 0 Å². The van der Waals surface area contributed by atoms with Gasteiger partial charge in [-0.15, -0.1) is 0 Å². The number of nitrogens with zero attached hydrogens (tertiary/aromatic N) is 2. The Bertz CT molecular complexity index is 648. The molecule has 1 aromatic carbocycles. The molecule has 0 saturated heterocycles. The Labute approximate surface area is 135 Å². The molecule has 112 valence electrons. The van der Waals surface area contributed by atoms with Gasteiger partial charge in [0.2, 0.25) is 0 Å². The first kappa shape index (κ1) is 13.7. The molecule has 21 heavy (non-hydrogen) atoms. The molecule has 1 heterocycles. The predicted molar refractivity (Wildman–Crippen MR) is 90.9 cm³/mol. The molecule has 1 saturated carbocycles. The van der Waals surface area contributed by atoms with E-state index in [-0.39, 0.29) is 0 Å². The quantitative estimate of drug-likeness (QED) is 0.718. The van der Waals surface area contributed by atoms with Crippen LogP contribution < -0.4 is 5.01 Å². The Morgan fingerprint density at radius 1 is 1.24 bits per heavy atom. The molecule has 4 rings (SSSR count). The average Bonchev–Trinajstić information content (AvgIpc) is 2.93. The van der Waals surface area contributed by atoms with Crippen LogP contribution in [0.5, 0.6) is 0 Å². The number of fused-ring (bicyclic) bond motifs is 4. The highest BCUT2D eigenvalue weighted by Crippen LogP contribution is 2.69. The minimum absolute atomic E-state index is 0.336. The fourth-order valence-electron chi connectivity index (χ4n) is 5.09. The summed E-state index contributed by atoms with van der Waals surface area (Å²) in [6.07, 6.45) is 2.70. The molecule has 2 atom stereocenters. The van der Waals surface area contributed by atoms with E-state index in [1.165, 1.54) is 18.5 Å². The lowest BCUT2D eigenvalue weighted by Gasteiger charge is -2.43. The Hall–Kier alpha value is -0.960. The maximum atomic E-state index is 3.60. The van der Waals surface area contributed by atoms with Crippen molar-refractivity contribution in [3.63, 3.8) is 0 Å². The van der Waals surface area contributed by atoms with Gasteiger partial charge >= 0.3 is 0 Å². The molecule has 0 aromatic heterocycles. The number of allylic oxidation sites excluding steroid dienone is 1. The van der Waals surface area contributed by atoms with Gasteiger partial charge in [-0.25, -0.2) is 0 Å². The van der Waals surface area contributed by atoms with E-state index >= 15 is 0 Å². The Balaban J connectivity index is 1.74. The van der Waals surface area contributed by atoms with E-state index in [4.69, 9.17) is 0 Å². The van der Waals surface area contributed by atoms with E-state index in [0.29, 0.717) is 10.8 Å². The molecule has 1 fully saturated rings. The lowest BCUT2D eigenvalue weighted by atomic mass is 9.69. The monoisotopic (exact) mass is 346 g/mol. The summed E-state index contributed by atoms with van der Waals surface area (Å²) >= 11 is 3.60. The van der Waals surface area contributed by atoms with E-state index in [2.05, 4.69) is 78.0 Å². The summed E-state index contributed by atoms with van der Waals surface area (Å²) in [4.78, 5) is 0. The van der Waals surface area contributed by atoms with E-state index in [1.807, 2.05) is 0 Å². The van der Waals surface area contributed by atoms with Crippen molar-refractivity contribution in [2.75, 3.05) is 18.6 Å². The molecule has 0 radical (unpaired) electrons. The van der Waals surface area contributed by atoms with Crippen molar-refractivity contribution in [1.29, 1.82) is 0 Å². The smallest absolute Gasteiger partial charge is 0.0629 e. The summed E-state index contributed by atoms with van der Waals surface area (Å²) in [5.74, 6) is 0.761. The molecule has 1 aliphatic heterocycles. The number of halogens is 1. The minimum atomic E-state index is 0.336. The third-order valence-electron chi connectivity index (χ3n) is 6.59. The number of hydrogen-bond acceptors (Lipinski definition) is 2. The summed E-state index contributed by atoms with van der Waals surface area (Å²) in [6, 6.07) is 8.64. The van der Waals surface area contributed by atoms with Crippen LogP contribution in [0.4, 0.5) is 5.69 Å². The zero-order valence-corrected chi connectivity index (χ0v) is 14.9. The first-order valence-corrected chi connectivity index (χ1v) is 8.66. The number of anilines is 1. The van der Waals surface area contributed by atoms with Crippen LogP contribution in [0.25, 0.3) is 0 Å². The third kappa shape index (κ3) is 1.53. The highest BCUT2D eigenvalue weighted by Gasteiger charge is 2.63. The summed E-state index contributed by atoms with van der Waals surface area (Å²) in [7, 11) is 2.24. The van der Waals surface area contributed by atoms with Gasteiger partial charge in [0.15, 0.2) is 0 Å². The number of rotatable bonds is 1. The highest BCUT2D eigenvalue weighted by atomic mass is 79.9. The van der Waals surface area contributed by atoms with Crippen molar-refractivity contribution < 1.29 is 0 Å². The SMILES string of the molecule is CN1C2=C(CN1c1cccc(Br)c1)C1CCC2(C)C1(C)C. The highest BCUT2D eigenvalue weighted by molar-refractivity contribution is 9.10. The predicted octanol–water partition coefficient (Wildman–Crippen LogP) is 4.83. The van der Waals surface area contributed by atoms with Crippen LogP contribution in [0.2, 0.25) is 0 Å². The van der Waals surface area contributed by atoms with Crippen molar-refractivity contribution in [3.8, 4) is 0 Å². The second kappa shape index (κ2) is 4.07. The molecule has 2 bridgehead atoms. The summed E-state index contributed by atoms with van der Waals surface area (Å²) in [6.45, 7) is 8.49. The van der Waals surface area contributed by atoms with Crippen molar-refractivity contribution in [2.24, 2.45) is 16.7 Å². The van der Waals surface area contributed by atoms with Gasteiger partial charge in [-0.05, 0) is 47.9 Å². The first-order valence-electron chi connectivity index (χ1n) is 7.86. The molecule has 1 aromatic rings. The summed E-state index contributed by atoms with van der Waals surface area (Å²) < 4.78 is 1.15. The van der Waals surface area contributed by atoms with Gasteiger partial charge in [0, 0.05) is 22.6 Å². The zero-order chi connectivity index (χ0) is 15.0. The molecule has 3 heteroatoms. The maximum Gasteiger partial charge on any atom is 0.0629 e. The van der Waals surface area contributed by atoms with Crippen LogP contribution in [0.15, 0.2) is 40.0 Å². The fraction of sp³-hybridized carbons (Fsp3) is 0.556. The normalized spacial score (nSPS) is 33.1. The Morgan fingerprint density at radius 2 is 2.00 bits per heavy atom. The van der Waals surface area contributed by atoms with Crippen LogP contribution in [0, 0.1) is 16.7 Å². The lowest BCUT2D eigenvalue weighted by Crippen LogP contribution is -2.43. The summed E-state index contributed by atoms with van der Waals surface area (Å²) in [5, 5.41) is 4.86. The molecular formula is C18H23BrN2. The number of benzene rings is 1. The molecule has 2 nitrogen and oxygen atoms in total. The average molecular weight is 347 g/mol. The molecular weight excluding hydrogens is 324 g/mol. The molecule has 0 spiro atoms. The zero-order valence-electron chi connectivity index (χ0n) is 13.3. The Kier molecular flexibility index (Phi) is 2.65. The van der Waals surface area contributed by atoms with Gasteiger partial charge in [-0.3, -0.25) is 10.0 Å². The van der Waals surface area contributed by atoms with Gasteiger partial charge in [0.25, 0.3) is 0 Å². The van der Waals surface area contributed by atoms with Crippen molar-refractivity contribution in [1.82, 2.24) is 5.01 Å². The maximum absolute atomic E-state index is 3.60. The molecule has 2 unspecified atom stereocenters. The lowest BCUT2D eigenvalue weighted by molar-refractivity contribution is 0.133. The van der Waals surface area contributed by atoms with Crippen LogP contribution in [-0.2, 0) is 0 Å². The second-order valence-corrected chi connectivity index (χ2v) is 8.50. The number of hydrogen-bond donors (Lipinski definition) is 0. The van der Waals surface area contributed by atoms with Gasteiger partial charge < -0.3 is 0 Å². The number of hydrazine groups is 1. The van der Waals surface area contributed by atoms with Crippen LogP contribution in [0.1, 0.15) is 33.6 Å².